The Morgan fingerprint density at radius 2 is 2.06 bits per heavy atom. The first-order valence-corrected chi connectivity index (χ1v) is 6.05. The van der Waals surface area contributed by atoms with E-state index in [0.717, 1.165) is 18.5 Å². The van der Waals surface area contributed by atoms with Crippen molar-refractivity contribution in [3.8, 4) is 0 Å². The number of nitrogen functional groups attached to an aromatic ring is 1. The van der Waals surface area contributed by atoms with E-state index in [1.54, 1.807) is 0 Å². The van der Waals surface area contributed by atoms with Gasteiger partial charge in [0.15, 0.2) is 0 Å². The van der Waals surface area contributed by atoms with Crippen molar-refractivity contribution >= 4 is 5.69 Å². The Morgan fingerprint density at radius 1 is 1.25 bits per heavy atom. The molecule has 88 valence electrons. The SMILES string of the molecule is Nc1ccccc1C(O)C1CCCCCN1. The van der Waals surface area contributed by atoms with Gasteiger partial charge in [-0.1, -0.05) is 31.0 Å². The second-order valence-corrected chi connectivity index (χ2v) is 4.48. The molecule has 4 N–H and O–H groups in total. The van der Waals surface area contributed by atoms with Gasteiger partial charge < -0.3 is 16.2 Å². The van der Waals surface area contributed by atoms with Crippen LogP contribution >= 0.6 is 0 Å². The Balaban J connectivity index is 2.11. The molecule has 0 aromatic heterocycles. The molecule has 1 aliphatic heterocycles. The lowest BCUT2D eigenvalue weighted by molar-refractivity contribution is 0.127. The Labute approximate surface area is 96.7 Å². The van der Waals surface area contributed by atoms with Crippen molar-refractivity contribution in [1.82, 2.24) is 5.32 Å². The molecule has 1 aromatic carbocycles. The summed E-state index contributed by atoms with van der Waals surface area (Å²) in [6.07, 6.45) is 4.17. The predicted molar refractivity (Wildman–Crippen MR) is 66.1 cm³/mol. The van der Waals surface area contributed by atoms with Crippen LogP contribution in [-0.2, 0) is 0 Å². The fourth-order valence-electron chi connectivity index (χ4n) is 2.32. The van der Waals surface area contributed by atoms with Crippen molar-refractivity contribution in [3.05, 3.63) is 29.8 Å². The van der Waals surface area contributed by atoms with Crippen LogP contribution in [0, 0.1) is 0 Å². The highest BCUT2D eigenvalue weighted by Crippen LogP contribution is 2.26. The molecule has 1 fully saturated rings. The smallest absolute Gasteiger partial charge is 0.0962 e. The maximum Gasteiger partial charge on any atom is 0.0962 e. The second-order valence-electron chi connectivity index (χ2n) is 4.48. The van der Waals surface area contributed by atoms with Crippen molar-refractivity contribution < 1.29 is 5.11 Å². The molecule has 0 amide bonds. The fraction of sp³-hybridized carbons (Fsp3) is 0.538. The monoisotopic (exact) mass is 220 g/mol. The molecule has 1 aromatic rings. The molecule has 1 saturated heterocycles. The number of aliphatic hydroxyl groups excluding tert-OH is 1. The van der Waals surface area contributed by atoms with E-state index >= 15 is 0 Å². The van der Waals surface area contributed by atoms with Crippen LogP contribution in [-0.4, -0.2) is 17.7 Å². The number of nitrogens with one attached hydrogen (secondary N) is 1. The van der Waals surface area contributed by atoms with Crippen LogP contribution in [0.1, 0.15) is 37.4 Å². The summed E-state index contributed by atoms with van der Waals surface area (Å²) in [5, 5.41) is 13.7. The number of nitrogens with two attached hydrogens (primary N) is 1. The van der Waals surface area contributed by atoms with Crippen LogP contribution in [0.3, 0.4) is 0 Å². The van der Waals surface area contributed by atoms with Crippen LogP contribution in [0.25, 0.3) is 0 Å². The topological polar surface area (TPSA) is 58.3 Å². The van der Waals surface area contributed by atoms with Crippen LogP contribution in [0.2, 0.25) is 0 Å². The molecule has 2 atom stereocenters. The van der Waals surface area contributed by atoms with Gasteiger partial charge in [-0.3, -0.25) is 0 Å². The van der Waals surface area contributed by atoms with E-state index < -0.39 is 6.10 Å². The van der Waals surface area contributed by atoms with Crippen LogP contribution in [0.5, 0.6) is 0 Å². The van der Waals surface area contributed by atoms with Gasteiger partial charge in [0.05, 0.1) is 6.10 Å². The lowest BCUT2D eigenvalue weighted by atomic mass is 9.97. The number of hydrogen-bond donors (Lipinski definition) is 3. The summed E-state index contributed by atoms with van der Waals surface area (Å²) < 4.78 is 0. The van der Waals surface area contributed by atoms with Gasteiger partial charge in [-0.05, 0) is 25.5 Å². The largest absolute Gasteiger partial charge is 0.398 e. The average Bonchev–Trinajstić information content (AvgIpc) is 2.57. The molecule has 3 nitrogen and oxygen atoms in total. The van der Waals surface area contributed by atoms with Gasteiger partial charge in [0.1, 0.15) is 0 Å². The Bertz CT molecular complexity index is 332. The van der Waals surface area contributed by atoms with Crippen LogP contribution in [0.4, 0.5) is 5.69 Å². The highest BCUT2D eigenvalue weighted by Gasteiger charge is 2.22. The zero-order valence-corrected chi connectivity index (χ0v) is 9.52. The molecule has 0 radical (unpaired) electrons. The third kappa shape index (κ3) is 2.54. The van der Waals surface area contributed by atoms with Gasteiger partial charge >= 0.3 is 0 Å². The Morgan fingerprint density at radius 3 is 2.88 bits per heavy atom. The highest BCUT2D eigenvalue weighted by molar-refractivity contribution is 5.48. The molecule has 1 aliphatic rings. The zero-order valence-electron chi connectivity index (χ0n) is 9.52. The van der Waals surface area contributed by atoms with Crippen LogP contribution < -0.4 is 11.1 Å². The third-order valence-electron chi connectivity index (χ3n) is 3.29. The number of anilines is 1. The van der Waals surface area contributed by atoms with E-state index in [4.69, 9.17) is 5.73 Å². The van der Waals surface area contributed by atoms with Crippen LogP contribution in [0.15, 0.2) is 24.3 Å². The minimum Gasteiger partial charge on any atom is -0.398 e. The summed E-state index contributed by atoms with van der Waals surface area (Å²) in [5.74, 6) is 0. The Kier molecular flexibility index (Phi) is 3.80. The number of aliphatic hydroxyl groups is 1. The van der Waals surface area contributed by atoms with E-state index in [1.165, 1.54) is 19.3 Å². The maximum absolute atomic E-state index is 10.3. The molecule has 1 heterocycles. The maximum atomic E-state index is 10.3. The van der Waals surface area contributed by atoms with Gasteiger partial charge in [-0.2, -0.15) is 0 Å². The van der Waals surface area contributed by atoms with Gasteiger partial charge in [0.25, 0.3) is 0 Å². The molecule has 0 bridgehead atoms. The van der Waals surface area contributed by atoms with Gasteiger partial charge in [0.2, 0.25) is 0 Å². The first kappa shape index (κ1) is 11.4. The molecule has 2 rings (SSSR count). The molecule has 0 aliphatic carbocycles. The minimum absolute atomic E-state index is 0.146. The molecule has 0 saturated carbocycles. The first-order chi connectivity index (χ1) is 7.79. The summed E-state index contributed by atoms with van der Waals surface area (Å²) in [4.78, 5) is 0. The molecule has 2 unspecified atom stereocenters. The summed E-state index contributed by atoms with van der Waals surface area (Å²) in [5.41, 5.74) is 7.41. The van der Waals surface area contributed by atoms with Crippen molar-refractivity contribution in [2.75, 3.05) is 12.3 Å². The van der Waals surface area contributed by atoms with Gasteiger partial charge in [-0.25, -0.2) is 0 Å². The zero-order chi connectivity index (χ0) is 11.4. The number of benzene rings is 1. The Hall–Kier alpha value is -1.06. The van der Waals surface area contributed by atoms with E-state index in [0.29, 0.717) is 5.69 Å². The summed E-state index contributed by atoms with van der Waals surface area (Å²) in [7, 11) is 0. The normalized spacial score (nSPS) is 23.7. The second kappa shape index (κ2) is 5.32. The van der Waals surface area contributed by atoms with E-state index in [9.17, 15) is 5.11 Å². The summed E-state index contributed by atoms with van der Waals surface area (Å²) >= 11 is 0. The van der Waals surface area contributed by atoms with Crippen molar-refractivity contribution in [3.63, 3.8) is 0 Å². The quantitative estimate of drug-likeness (QED) is 0.666. The van der Waals surface area contributed by atoms with E-state index in [1.807, 2.05) is 24.3 Å². The first-order valence-electron chi connectivity index (χ1n) is 6.05. The van der Waals surface area contributed by atoms with E-state index in [2.05, 4.69) is 5.32 Å². The third-order valence-corrected chi connectivity index (χ3v) is 3.29. The highest BCUT2D eigenvalue weighted by atomic mass is 16.3. The summed E-state index contributed by atoms with van der Waals surface area (Å²) in [6.45, 7) is 0.995. The fourth-order valence-corrected chi connectivity index (χ4v) is 2.32. The molecule has 0 spiro atoms. The minimum atomic E-state index is -0.487. The van der Waals surface area contributed by atoms with Crippen molar-refractivity contribution in [2.24, 2.45) is 0 Å². The predicted octanol–water partition coefficient (Wildman–Crippen LogP) is 1.83. The number of hydrogen-bond acceptors (Lipinski definition) is 3. The average molecular weight is 220 g/mol. The molecular weight excluding hydrogens is 200 g/mol. The molecule has 3 heteroatoms. The summed E-state index contributed by atoms with van der Waals surface area (Å²) in [6, 6.07) is 7.71. The van der Waals surface area contributed by atoms with Gasteiger partial charge in [0, 0.05) is 17.3 Å². The number of para-hydroxylation sites is 1. The number of rotatable bonds is 2. The lowest BCUT2D eigenvalue weighted by Crippen LogP contribution is -2.34. The molecule has 16 heavy (non-hydrogen) atoms. The lowest BCUT2D eigenvalue weighted by Gasteiger charge is -2.23. The molecular formula is C13H20N2O. The van der Waals surface area contributed by atoms with Crippen molar-refractivity contribution in [2.45, 2.75) is 37.8 Å². The standard InChI is InChI=1S/C13H20N2O/c14-11-7-4-3-6-10(11)13(16)12-8-2-1-5-9-15-12/h3-4,6-7,12-13,15-16H,1-2,5,8-9,14H2. The van der Waals surface area contributed by atoms with Gasteiger partial charge in [-0.15, -0.1) is 0 Å². The van der Waals surface area contributed by atoms with E-state index in [-0.39, 0.29) is 6.04 Å². The van der Waals surface area contributed by atoms with Crippen molar-refractivity contribution in [1.29, 1.82) is 0 Å².